The molecular weight excluding hydrogens is 320 g/mol. The fourth-order valence-corrected chi connectivity index (χ4v) is 3.14. The second kappa shape index (κ2) is 8.10. The molecule has 3 N–H and O–H groups in total. The lowest BCUT2D eigenvalue weighted by atomic mass is 10.1. The minimum absolute atomic E-state index is 0. The maximum atomic E-state index is 12.3. The highest BCUT2D eigenvalue weighted by Gasteiger charge is 2.16. The minimum atomic E-state index is -0.202. The van der Waals surface area contributed by atoms with Crippen molar-refractivity contribution in [2.75, 3.05) is 11.1 Å². The van der Waals surface area contributed by atoms with Gasteiger partial charge >= 0.3 is 0 Å². The Morgan fingerprint density at radius 3 is 2.64 bits per heavy atom. The molecule has 0 radical (unpaired) electrons. The normalized spacial score (nSPS) is 10.4. The third-order valence-corrected chi connectivity index (χ3v) is 4.50. The molecule has 0 aliphatic heterocycles. The van der Waals surface area contributed by atoms with Gasteiger partial charge in [-0.1, -0.05) is 31.3 Å². The minimum Gasteiger partial charge on any atom is -0.399 e. The molecule has 1 aromatic carbocycles. The molecule has 0 saturated heterocycles. The topological polar surface area (TPSA) is 80.9 Å². The summed E-state index contributed by atoms with van der Waals surface area (Å²) in [5, 5.41) is 12.5. The zero-order valence-corrected chi connectivity index (χ0v) is 14.6. The maximum Gasteiger partial charge on any atom is 0.257 e. The van der Waals surface area contributed by atoms with Gasteiger partial charge in [0.2, 0.25) is 5.13 Å². The van der Waals surface area contributed by atoms with Gasteiger partial charge in [0.15, 0.2) is 0 Å². The Hall–Kier alpha value is -1.66. The van der Waals surface area contributed by atoms with E-state index >= 15 is 0 Å². The number of carbonyl (C=O) groups excluding carboxylic acids is 1. The van der Waals surface area contributed by atoms with Crippen LogP contribution in [0.25, 0.3) is 0 Å². The first-order valence-corrected chi connectivity index (χ1v) is 7.87. The lowest BCUT2D eigenvalue weighted by Gasteiger charge is -2.07. The van der Waals surface area contributed by atoms with E-state index in [4.69, 9.17) is 5.73 Å². The van der Waals surface area contributed by atoms with Gasteiger partial charge < -0.3 is 5.73 Å². The number of nitrogens with one attached hydrogen (secondary N) is 1. The number of nitrogens with zero attached hydrogens (tertiary/aromatic N) is 2. The van der Waals surface area contributed by atoms with Crippen LogP contribution in [-0.4, -0.2) is 16.1 Å². The smallest absolute Gasteiger partial charge is 0.257 e. The van der Waals surface area contributed by atoms with E-state index in [1.54, 1.807) is 12.1 Å². The molecule has 22 heavy (non-hydrogen) atoms. The second-order valence-electron chi connectivity index (χ2n) is 4.99. The fourth-order valence-electron chi connectivity index (χ4n) is 2.14. The van der Waals surface area contributed by atoms with Crippen molar-refractivity contribution in [2.45, 2.75) is 39.5 Å². The van der Waals surface area contributed by atoms with Crippen LogP contribution in [-0.2, 0) is 0 Å². The van der Waals surface area contributed by atoms with E-state index in [1.807, 2.05) is 13.0 Å². The molecule has 7 heteroatoms. The van der Waals surface area contributed by atoms with E-state index in [0.29, 0.717) is 22.3 Å². The Morgan fingerprint density at radius 2 is 2.00 bits per heavy atom. The number of nitrogens with two attached hydrogens (primary N) is 1. The standard InChI is InChI=1S/C15H20N4OS.ClH/c1-4-10(5-2)14-18-19-15(21-14)17-13(20)12-8-11(16)7-6-9(12)3;/h6-8,10H,4-5,16H2,1-3H3,(H,17,19,20);1H. The Labute approximate surface area is 140 Å². The molecule has 0 aliphatic rings. The molecule has 120 valence electrons. The van der Waals surface area contributed by atoms with Gasteiger partial charge in [-0.05, 0) is 37.5 Å². The van der Waals surface area contributed by atoms with Crippen molar-refractivity contribution < 1.29 is 4.79 Å². The number of hydrogen-bond donors (Lipinski definition) is 2. The molecule has 0 unspecified atom stereocenters. The van der Waals surface area contributed by atoms with Crippen LogP contribution in [0.3, 0.4) is 0 Å². The summed E-state index contributed by atoms with van der Waals surface area (Å²) in [4.78, 5) is 12.3. The first-order chi connectivity index (χ1) is 10.0. The number of rotatable bonds is 5. The molecule has 0 bridgehead atoms. The van der Waals surface area contributed by atoms with Crippen molar-refractivity contribution in [1.82, 2.24) is 10.2 Å². The van der Waals surface area contributed by atoms with Gasteiger partial charge in [0.1, 0.15) is 5.01 Å². The van der Waals surface area contributed by atoms with E-state index in [0.717, 1.165) is 23.4 Å². The van der Waals surface area contributed by atoms with Crippen LogP contribution < -0.4 is 11.1 Å². The summed E-state index contributed by atoms with van der Waals surface area (Å²) in [5.41, 5.74) is 7.75. The molecule has 0 fully saturated rings. The largest absolute Gasteiger partial charge is 0.399 e. The third-order valence-electron chi connectivity index (χ3n) is 3.50. The number of halogens is 1. The molecule has 1 amide bonds. The summed E-state index contributed by atoms with van der Waals surface area (Å²) < 4.78 is 0. The maximum absolute atomic E-state index is 12.3. The number of benzene rings is 1. The zero-order valence-electron chi connectivity index (χ0n) is 12.9. The predicted octanol–water partition coefficient (Wildman–Crippen LogP) is 4.01. The quantitative estimate of drug-likeness (QED) is 0.806. The second-order valence-corrected chi connectivity index (χ2v) is 6.00. The first-order valence-electron chi connectivity index (χ1n) is 7.06. The lowest BCUT2D eigenvalue weighted by Crippen LogP contribution is -2.13. The van der Waals surface area contributed by atoms with Gasteiger partial charge in [-0.3, -0.25) is 10.1 Å². The van der Waals surface area contributed by atoms with Crippen LogP contribution in [0.1, 0.15) is 53.5 Å². The molecule has 0 atom stereocenters. The molecular formula is C15H21ClN4OS. The van der Waals surface area contributed by atoms with Crippen LogP contribution in [0, 0.1) is 6.92 Å². The Bertz CT molecular complexity index is 640. The highest BCUT2D eigenvalue weighted by Crippen LogP contribution is 2.28. The Kier molecular flexibility index (Phi) is 6.77. The van der Waals surface area contributed by atoms with Gasteiger partial charge in [-0.2, -0.15) is 0 Å². The Morgan fingerprint density at radius 1 is 1.32 bits per heavy atom. The summed E-state index contributed by atoms with van der Waals surface area (Å²) in [6.07, 6.45) is 2.04. The van der Waals surface area contributed by atoms with Crippen LogP contribution in [0.5, 0.6) is 0 Å². The van der Waals surface area contributed by atoms with Crippen molar-refractivity contribution in [2.24, 2.45) is 0 Å². The van der Waals surface area contributed by atoms with Crippen LogP contribution in [0.2, 0.25) is 0 Å². The molecule has 1 heterocycles. The zero-order chi connectivity index (χ0) is 15.4. The average molecular weight is 341 g/mol. The number of anilines is 2. The van der Waals surface area contributed by atoms with Crippen molar-refractivity contribution in [3.8, 4) is 0 Å². The van der Waals surface area contributed by atoms with Gasteiger partial charge in [0.25, 0.3) is 5.91 Å². The highest BCUT2D eigenvalue weighted by atomic mass is 35.5. The third kappa shape index (κ3) is 4.18. The van der Waals surface area contributed by atoms with E-state index in [9.17, 15) is 4.79 Å². The van der Waals surface area contributed by atoms with Crippen LogP contribution >= 0.6 is 23.7 Å². The van der Waals surface area contributed by atoms with Gasteiger partial charge in [-0.15, -0.1) is 22.6 Å². The molecule has 0 aliphatic carbocycles. The summed E-state index contributed by atoms with van der Waals surface area (Å²) in [6, 6.07) is 5.29. The summed E-state index contributed by atoms with van der Waals surface area (Å²) in [7, 11) is 0. The number of aromatic nitrogens is 2. The molecule has 2 rings (SSSR count). The number of aryl methyl sites for hydroxylation is 1. The van der Waals surface area contributed by atoms with Crippen LogP contribution in [0.4, 0.5) is 10.8 Å². The van der Waals surface area contributed by atoms with Gasteiger partial charge in [0, 0.05) is 17.2 Å². The molecule has 2 aromatic rings. The van der Waals surface area contributed by atoms with Crippen molar-refractivity contribution in [1.29, 1.82) is 0 Å². The number of hydrogen-bond acceptors (Lipinski definition) is 5. The number of carbonyl (C=O) groups is 1. The SMILES string of the molecule is CCC(CC)c1nnc(NC(=O)c2cc(N)ccc2C)s1.Cl. The number of amides is 1. The van der Waals surface area contributed by atoms with E-state index in [-0.39, 0.29) is 18.3 Å². The van der Waals surface area contributed by atoms with Crippen molar-refractivity contribution in [3.63, 3.8) is 0 Å². The molecule has 5 nitrogen and oxygen atoms in total. The fraction of sp³-hybridized carbons (Fsp3) is 0.400. The van der Waals surface area contributed by atoms with E-state index < -0.39 is 0 Å². The van der Waals surface area contributed by atoms with Gasteiger partial charge in [-0.25, -0.2) is 0 Å². The van der Waals surface area contributed by atoms with E-state index in [1.165, 1.54) is 11.3 Å². The van der Waals surface area contributed by atoms with Crippen molar-refractivity contribution >= 4 is 40.5 Å². The molecule has 1 aromatic heterocycles. The van der Waals surface area contributed by atoms with Crippen LogP contribution in [0.15, 0.2) is 18.2 Å². The van der Waals surface area contributed by atoms with E-state index in [2.05, 4.69) is 29.4 Å². The highest BCUT2D eigenvalue weighted by molar-refractivity contribution is 7.15. The Balaban J connectivity index is 0.00000242. The summed E-state index contributed by atoms with van der Waals surface area (Å²) >= 11 is 1.44. The average Bonchev–Trinajstić information content (AvgIpc) is 2.91. The van der Waals surface area contributed by atoms with Crippen molar-refractivity contribution in [3.05, 3.63) is 34.3 Å². The molecule has 0 saturated carbocycles. The monoisotopic (exact) mass is 340 g/mol. The first kappa shape index (κ1) is 18.4. The predicted molar refractivity (Wildman–Crippen MR) is 94.0 cm³/mol. The number of nitrogen functional groups attached to an aromatic ring is 1. The lowest BCUT2D eigenvalue weighted by molar-refractivity contribution is 0.102. The molecule has 0 spiro atoms. The van der Waals surface area contributed by atoms with Gasteiger partial charge in [0.05, 0.1) is 0 Å². The summed E-state index contributed by atoms with van der Waals surface area (Å²) in [5.74, 6) is 0.203. The summed E-state index contributed by atoms with van der Waals surface area (Å²) in [6.45, 7) is 6.14.